The summed E-state index contributed by atoms with van der Waals surface area (Å²) in [6.45, 7) is 7.64. The Morgan fingerprint density at radius 1 is 1.13 bits per heavy atom. The van der Waals surface area contributed by atoms with E-state index in [1.807, 2.05) is 51.1 Å². The number of amides is 1. The molecule has 8 heteroatoms. The van der Waals surface area contributed by atoms with Gasteiger partial charge in [-0.25, -0.2) is 0 Å². The maximum atomic E-state index is 12.9. The molecule has 0 unspecified atom stereocenters. The molecule has 0 aliphatic heterocycles. The van der Waals surface area contributed by atoms with Gasteiger partial charge in [0.25, 0.3) is 0 Å². The molecule has 7 nitrogen and oxygen atoms in total. The minimum Gasteiger partial charge on any atom is -0.325 e. The third-order valence-corrected chi connectivity index (χ3v) is 6.10. The van der Waals surface area contributed by atoms with Gasteiger partial charge in [0.1, 0.15) is 0 Å². The quantitative estimate of drug-likeness (QED) is 0.509. The Kier molecular flexibility index (Phi) is 7.81. The van der Waals surface area contributed by atoms with Gasteiger partial charge in [-0.3, -0.25) is 9.78 Å². The maximum absolute atomic E-state index is 12.9. The van der Waals surface area contributed by atoms with Gasteiger partial charge < -0.3 is 14.8 Å². The summed E-state index contributed by atoms with van der Waals surface area (Å²) in [5, 5.41) is 12.4. The monoisotopic (exact) mass is 438 g/mol. The van der Waals surface area contributed by atoms with Crippen molar-refractivity contribution < 1.29 is 4.79 Å². The Morgan fingerprint density at radius 3 is 2.45 bits per heavy atom. The van der Waals surface area contributed by atoms with E-state index in [0.29, 0.717) is 0 Å². The highest BCUT2D eigenvalue weighted by molar-refractivity contribution is 8.00. The average molecular weight is 439 g/mol. The number of carbonyl (C=O) groups excluding carboxylic acids is 1. The molecule has 0 fully saturated rings. The zero-order valence-corrected chi connectivity index (χ0v) is 19.6. The van der Waals surface area contributed by atoms with Gasteiger partial charge in [-0.2, -0.15) is 0 Å². The summed E-state index contributed by atoms with van der Waals surface area (Å²) < 4.78 is 2.10. The predicted molar refractivity (Wildman–Crippen MR) is 126 cm³/mol. The van der Waals surface area contributed by atoms with Gasteiger partial charge in [0.15, 0.2) is 11.0 Å². The Labute approximate surface area is 188 Å². The number of hydrogen-bond donors (Lipinski definition) is 1. The molecule has 0 aliphatic rings. The molecule has 1 amide bonds. The number of para-hydroxylation sites is 1. The maximum Gasteiger partial charge on any atom is 0.237 e. The molecule has 1 atom stereocenters. The minimum absolute atomic E-state index is 0.0456. The Bertz CT molecular complexity index is 998. The zero-order chi connectivity index (χ0) is 22.4. The first-order chi connectivity index (χ1) is 14.9. The van der Waals surface area contributed by atoms with Gasteiger partial charge in [0.05, 0.1) is 5.25 Å². The van der Waals surface area contributed by atoms with Crippen molar-refractivity contribution in [2.24, 2.45) is 0 Å². The second kappa shape index (κ2) is 10.5. The van der Waals surface area contributed by atoms with Gasteiger partial charge in [-0.05, 0) is 71.1 Å². The number of carbonyl (C=O) groups is 1. The number of anilines is 1. The summed E-state index contributed by atoms with van der Waals surface area (Å²) in [5.41, 5.74) is 3.95. The Hall–Kier alpha value is -2.71. The van der Waals surface area contributed by atoms with Crippen LogP contribution in [0.1, 0.15) is 24.5 Å². The molecule has 164 valence electrons. The van der Waals surface area contributed by atoms with Crippen LogP contribution in [-0.4, -0.2) is 56.4 Å². The topological polar surface area (TPSA) is 75.9 Å². The second-order valence-corrected chi connectivity index (χ2v) is 9.17. The Balaban J connectivity index is 1.79. The minimum atomic E-state index is -0.318. The molecule has 0 saturated carbocycles. The lowest BCUT2D eigenvalue weighted by atomic mass is 10.1. The molecule has 0 spiro atoms. The summed E-state index contributed by atoms with van der Waals surface area (Å²) >= 11 is 1.43. The summed E-state index contributed by atoms with van der Waals surface area (Å²) in [5.74, 6) is 0.752. The molecular weight excluding hydrogens is 408 g/mol. The summed E-state index contributed by atoms with van der Waals surface area (Å²) in [6, 6.07) is 9.86. The van der Waals surface area contributed by atoms with Crippen LogP contribution in [0.2, 0.25) is 0 Å². The fraction of sp³-hybridized carbons (Fsp3) is 0.391. The van der Waals surface area contributed by atoms with E-state index in [2.05, 4.69) is 44.1 Å². The number of pyridine rings is 1. The fourth-order valence-corrected chi connectivity index (χ4v) is 4.16. The van der Waals surface area contributed by atoms with Crippen molar-refractivity contribution in [1.29, 1.82) is 0 Å². The smallest absolute Gasteiger partial charge is 0.237 e. The molecule has 1 aromatic carbocycles. The van der Waals surface area contributed by atoms with Gasteiger partial charge in [0.2, 0.25) is 5.91 Å². The van der Waals surface area contributed by atoms with Crippen LogP contribution in [0.3, 0.4) is 0 Å². The molecule has 2 aromatic heterocycles. The number of thioether (sulfide) groups is 1. The first kappa shape index (κ1) is 23.0. The van der Waals surface area contributed by atoms with Gasteiger partial charge in [0, 0.05) is 30.2 Å². The van der Waals surface area contributed by atoms with Crippen molar-refractivity contribution in [1.82, 2.24) is 24.6 Å². The van der Waals surface area contributed by atoms with E-state index in [4.69, 9.17) is 0 Å². The zero-order valence-electron chi connectivity index (χ0n) is 18.8. The molecule has 3 aromatic rings. The van der Waals surface area contributed by atoms with Crippen molar-refractivity contribution in [3.8, 4) is 11.4 Å². The summed E-state index contributed by atoms with van der Waals surface area (Å²) in [4.78, 5) is 19.2. The average Bonchev–Trinajstić information content (AvgIpc) is 3.13. The van der Waals surface area contributed by atoms with Gasteiger partial charge in [-0.1, -0.05) is 30.0 Å². The number of aromatic nitrogens is 4. The van der Waals surface area contributed by atoms with Crippen molar-refractivity contribution in [3.63, 3.8) is 0 Å². The number of aryl methyl sites for hydroxylation is 2. The molecule has 0 saturated heterocycles. The van der Waals surface area contributed by atoms with Crippen LogP contribution < -0.4 is 5.32 Å². The predicted octanol–water partition coefficient (Wildman–Crippen LogP) is 4.03. The third-order valence-electron chi connectivity index (χ3n) is 5.02. The number of rotatable bonds is 9. The van der Waals surface area contributed by atoms with E-state index in [1.165, 1.54) is 11.8 Å². The lowest BCUT2D eigenvalue weighted by Gasteiger charge is -2.16. The second-order valence-electron chi connectivity index (χ2n) is 7.87. The van der Waals surface area contributed by atoms with Gasteiger partial charge in [-0.15, -0.1) is 10.2 Å². The van der Waals surface area contributed by atoms with Crippen molar-refractivity contribution in [2.45, 2.75) is 44.1 Å². The molecular formula is C23H30N6OS. The van der Waals surface area contributed by atoms with Crippen LogP contribution in [0.4, 0.5) is 5.69 Å². The largest absolute Gasteiger partial charge is 0.325 e. The van der Waals surface area contributed by atoms with E-state index in [0.717, 1.165) is 52.9 Å². The summed E-state index contributed by atoms with van der Waals surface area (Å²) in [7, 11) is 4.12. The molecule has 2 heterocycles. The van der Waals surface area contributed by atoms with Crippen molar-refractivity contribution in [2.75, 3.05) is 26.0 Å². The standard InChI is InChI=1S/C23H30N6OS/c1-16-8-6-9-17(2)20(16)25-22(30)18(3)31-23-27-26-21(19-10-12-24-13-11-19)29(23)15-7-14-28(4)5/h6,8-13,18H,7,14-15H2,1-5H3,(H,25,30)/t18-/m1/s1. The molecule has 0 aliphatic carbocycles. The Morgan fingerprint density at radius 2 is 1.81 bits per heavy atom. The highest BCUT2D eigenvalue weighted by atomic mass is 32.2. The summed E-state index contributed by atoms with van der Waals surface area (Å²) in [6.07, 6.45) is 4.46. The highest BCUT2D eigenvalue weighted by Gasteiger charge is 2.21. The first-order valence-electron chi connectivity index (χ1n) is 10.4. The van der Waals surface area contributed by atoms with Crippen LogP contribution in [0.5, 0.6) is 0 Å². The van der Waals surface area contributed by atoms with E-state index in [-0.39, 0.29) is 11.2 Å². The number of hydrogen-bond acceptors (Lipinski definition) is 6. The lowest BCUT2D eigenvalue weighted by molar-refractivity contribution is -0.115. The van der Waals surface area contributed by atoms with E-state index >= 15 is 0 Å². The van der Waals surface area contributed by atoms with Crippen molar-refractivity contribution >= 4 is 23.4 Å². The van der Waals surface area contributed by atoms with Crippen LogP contribution in [0, 0.1) is 13.8 Å². The third kappa shape index (κ3) is 5.92. The molecule has 31 heavy (non-hydrogen) atoms. The highest BCUT2D eigenvalue weighted by Crippen LogP contribution is 2.28. The molecule has 0 bridgehead atoms. The number of benzene rings is 1. The van der Waals surface area contributed by atoms with Crippen molar-refractivity contribution in [3.05, 3.63) is 53.9 Å². The fourth-order valence-electron chi connectivity index (χ4n) is 3.29. The molecule has 0 radical (unpaired) electrons. The van der Waals surface area contributed by atoms with E-state index in [1.54, 1.807) is 12.4 Å². The SMILES string of the molecule is Cc1cccc(C)c1NC(=O)[C@@H](C)Sc1nnc(-c2ccncc2)n1CCCN(C)C. The van der Waals surface area contributed by atoms with Crippen LogP contribution in [0.25, 0.3) is 11.4 Å². The molecule has 3 rings (SSSR count). The van der Waals surface area contributed by atoms with Gasteiger partial charge >= 0.3 is 0 Å². The normalized spacial score (nSPS) is 12.2. The van der Waals surface area contributed by atoms with E-state index in [9.17, 15) is 4.79 Å². The number of nitrogens with one attached hydrogen (secondary N) is 1. The van der Waals surface area contributed by atoms with Crippen LogP contribution in [-0.2, 0) is 11.3 Å². The number of nitrogens with zero attached hydrogens (tertiary/aromatic N) is 5. The van der Waals surface area contributed by atoms with E-state index < -0.39 is 0 Å². The van der Waals surface area contributed by atoms with Crippen LogP contribution in [0.15, 0.2) is 47.9 Å². The first-order valence-corrected chi connectivity index (χ1v) is 11.3. The lowest BCUT2D eigenvalue weighted by Crippen LogP contribution is -2.24. The van der Waals surface area contributed by atoms with Crippen LogP contribution >= 0.6 is 11.8 Å². The molecule has 1 N–H and O–H groups in total.